The Kier molecular flexibility index (Phi) is 20.1. The maximum Gasteiger partial charge on any atom is 0.194 e. The largest absolute Gasteiger partial charge is 0.507 e. The van der Waals surface area contributed by atoms with Crippen LogP contribution in [-0.2, 0) is 54.1 Å². The number of rotatable bonds is 30. The Hall–Kier alpha value is -8.84. The van der Waals surface area contributed by atoms with Crippen molar-refractivity contribution in [3.8, 4) is 57.5 Å². The molecule has 0 atom stereocenters. The van der Waals surface area contributed by atoms with Crippen molar-refractivity contribution in [2.24, 2.45) is 0 Å². The highest BCUT2D eigenvalue weighted by Crippen LogP contribution is 2.58. The Morgan fingerprint density at radius 3 is 0.894 bits per heavy atom. The van der Waals surface area contributed by atoms with Crippen LogP contribution in [0.3, 0.4) is 0 Å². The minimum absolute atomic E-state index is 0.0301. The Balaban J connectivity index is 0.000000192. The van der Waals surface area contributed by atoms with Crippen LogP contribution in [0.25, 0.3) is 98.3 Å². The Bertz CT molecular complexity index is 4540. The van der Waals surface area contributed by atoms with E-state index in [0.717, 1.165) is 22.3 Å². The fourth-order valence-electron chi connectivity index (χ4n) is 14.0. The molecular weight excluding hydrogens is 1220 g/mol. The van der Waals surface area contributed by atoms with E-state index in [1.165, 1.54) is 66.9 Å². The van der Waals surface area contributed by atoms with Crippen molar-refractivity contribution in [3.63, 3.8) is 0 Å². The van der Waals surface area contributed by atoms with E-state index in [0.29, 0.717) is 191 Å². The van der Waals surface area contributed by atoms with Gasteiger partial charge in [-0.2, -0.15) is 0 Å². The molecule has 10 aromatic rings. The molecule has 6 N–H and O–H groups in total. The van der Waals surface area contributed by atoms with Gasteiger partial charge in [-0.1, -0.05) is 23.3 Å². The lowest BCUT2D eigenvalue weighted by atomic mass is 9.82. The molecule has 0 aliphatic heterocycles. The molecule has 0 spiro atoms. The van der Waals surface area contributed by atoms with E-state index in [2.05, 4.69) is 0 Å². The summed E-state index contributed by atoms with van der Waals surface area (Å²) < 4.78 is 67.4. The standard InChI is InChI=1S/2C36H38O11/c2*1-18-14-20-19(6-5-8-45-10-12-47-13-11-46-9-7-37)34(40)28-22(38)16-24(42-2)30-31-25(43-3)17-23(39)29-33(31)27(26(20)32(28)30)21(15-18)36(44-4)35(29)41/h2*14,16-17,37,40-41H,5-13,15H2,1-4H3. The smallest absolute Gasteiger partial charge is 0.194 e. The van der Waals surface area contributed by atoms with Crippen molar-refractivity contribution in [1.82, 2.24) is 0 Å². The number of fused-ring (bicyclic) bond motifs is 2. The number of phenols is 4. The molecule has 2 aliphatic carbocycles. The monoisotopic (exact) mass is 1290 g/mol. The molecule has 22 heteroatoms. The first kappa shape index (κ1) is 66.6. The quantitative estimate of drug-likeness (QED) is 0.0140. The van der Waals surface area contributed by atoms with Gasteiger partial charge in [0.1, 0.15) is 34.5 Å². The van der Waals surface area contributed by atoms with E-state index in [-0.39, 0.29) is 105 Å². The summed E-state index contributed by atoms with van der Waals surface area (Å²) in [6.45, 7) is 8.28. The number of aromatic hydroxyl groups is 4. The number of hydrogen-bond donors (Lipinski definition) is 6. The molecule has 0 radical (unpaired) electrons. The average Bonchev–Trinajstić information content (AvgIpc) is 1.04. The number of allylic oxidation sites excluding steroid dienone is 2. The van der Waals surface area contributed by atoms with Crippen LogP contribution < -0.4 is 50.1 Å². The first-order valence-electron chi connectivity index (χ1n) is 31.1. The molecular formula is C72H76O22. The second kappa shape index (κ2) is 28.4. The van der Waals surface area contributed by atoms with Crippen molar-refractivity contribution in [3.05, 3.63) is 110 Å². The molecule has 10 aromatic carbocycles. The number of ether oxygens (including phenoxy) is 12. The fraction of sp³-hybridized carbons (Fsp3) is 0.389. The summed E-state index contributed by atoms with van der Waals surface area (Å²) in [6.07, 6.45) is 6.66. The second-order valence-corrected chi connectivity index (χ2v) is 23.2. The number of aliphatic hydroxyl groups excluding tert-OH is 2. The number of benzene rings is 10. The Morgan fingerprint density at radius 1 is 0.330 bits per heavy atom. The summed E-state index contributed by atoms with van der Waals surface area (Å²) in [5.74, 6) is 0.670. The molecule has 0 saturated carbocycles. The molecule has 0 saturated heterocycles. The van der Waals surface area contributed by atoms with Gasteiger partial charge in [0.2, 0.25) is 0 Å². The van der Waals surface area contributed by atoms with Crippen molar-refractivity contribution in [2.75, 3.05) is 135 Å². The van der Waals surface area contributed by atoms with Crippen LogP contribution >= 0.6 is 0 Å². The van der Waals surface area contributed by atoms with Gasteiger partial charge < -0.3 is 87.5 Å². The number of methoxy groups -OCH3 is 6. The van der Waals surface area contributed by atoms with Gasteiger partial charge >= 0.3 is 0 Å². The molecule has 0 fully saturated rings. The highest BCUT2D eigenvalue weighted by Gasteiger charge is 2.36. The molecule has 2 aliphatic rings. The van der Waals surface area contributed by atoms with Gasteiger partial charge in [0, 0.05) is 103 Å². The van der Waals surface area contributed by atoms with Gasteiger partial charge in [-0.3, -0.25) is 19.2 Å². The first-order chi connectivity index (χ1) is 45.6. The molecule has 22 nitrogen and oxygen atoms in total. The molecule has 0 aromatic heterocycles. The zero-order valence-corrected chi connectivity index (χ0v) is 53.8. The van der Waals surface area contributed by atoms with Crippen LogP contribution in [0.15, 0.2) is 54.6 Å². The summed E-state index contributed by atoms with van der Waals surface area (Å²) >= 11 is 0. The predicted molar refractivity (Wildman–Crippen MR) is 359 cm³/mol. The molecule has 0 heterocycles. The molecule has 0 bridgehead atoms. The molecule has 94 heavy (non-hydrogen) atoms. The van der Waals surface area contributed by atoms with Crippen LogP contribution in [0.2, 0.25) is 0 Å². The van der Waals surface area contributed by atoms with Crippen LogP contribution in [0.4, 0.5) is 0 Å². The van der Waals surface area contributed by atoms with E-state index in [9.17, 15) is 39.6 Å². The third-order valence-electron chi connectivity index (χ3n) is 17.7. The number of hydrogen-bond acceptors (Lipinski definition) is 22. The van der Waals surface area contributed by atoms with Gasteiger partial charge in [-0.05, 0) is 85.0 Å². The van der Waals surface area contributed by atoms with Crippen molar-refractivity contribution >= 4 is 98.3 Å². The van der Waals surface area contributed by atoms with Gasteiger partial charge in [0.15, 0.2) is 44.7 Å². The number of phenolic OH excluding ortho intramolecular Hbond substituents is 4. The van der Waals surface area contributed by atoms with Crippen molar-refractivity contribution < 1.29 is 87.5 Å². The maximum atomic E-state index is 13.8. The first-order valence-corrected chi connectivity index (χ1v) is 31.1. The summed E-state index contributed by atoms with van der Waals surface area (Å²) in [6, 6.07) is 5.32. The zero-order valence-electron chi connectivity index (χ0n) is 53.8. The average molecular weight is 1290 g/mol. The van der Waals surface area contributed by atoms with Gasteiger partial charge in [-0.15, -0.1) is 0 Å². The van der Waals surface area contributed by atoms with Gasteiger partial charge in [0.25, 0.3) is 0 Å². The van der Waals surface area contributed by atoms with E-state index in [1.807, 2.05) is 26.0 Å². The molecule has 12 rings (SSSR count). The van der Waals surface area contributed by atoms with E-state index < -0.39 is 21.7 Å². The van der Waals surface area contributed by atoms with Crippen LogP contribution in [0.1, 0.15) is 60.1 Å². The lowest BCUT2D eigenvalue weighted by molar-refractivity contribution is 0.00743. The van der Waals surface area contributed by atoms with Crippen LogP contribution in [0.5, 0.6) is 57.5 Å². The molecule has 0 unspecified atom stereocenters. The molecule has 496 valence electrons. The van der Waals surface area contributed by atoms with E-state index in [4.69, 9.17) is 67.1 Å². The normalized spacial score (nSPS) is 12.9. The summed E-state index contributed by atoms with van der Waals surface area (Å²) in [7, 11) is 8.74. The number of aliphatic hydroxyl groups is 2. The van der Waals surface area contributed by atoms with Crippen molar-refractivity contribution in [2.45, 2.75) is 52.4 Å². The summed E-state index contributed by atoms with van der Waals surface area (Å²) in [4.78, 5) is 54.8. The van der Waals surface area contributed by atoms with E-state index in [1.54, 1.807) is 0 Å². The Morgan fingerprint density at radius 2 is 0.606 bits per heavy atom. The highest BCUT2D eigenvalue weighted by molar-refractivity contribution is 6.40. The van der Waals surface area contributed by atoms with Crippen LogP contribution in [-0.4, -0.2) is 166 Å². The van der Waals surface area contributed by atoms with E-state index >= 15 is 0 Å². The zero-order chi connectivity index (χ0) is 66.8. The molecule has 0 amide bonds. The highest BCUT2D eigenvalue weighted by atomic mass is 16.6. The minimum atomic E-state index is -0.438. The topological polar surface area (TPSA) is 300 Å². The maximum absolute atomic E-state index is 13.8. The van der Waals surface area contributed by atoms with Crippen LogP contribution in [0, 0.1) is 0 Å². The van der Waals surface area contributed by atoms with Gasteiger partial charge in [0.05, 0.1) is 143 Å². The Labute approximate surface area is 538 Å². The third kappa shape index (κ3) is 11.5. The fourth-order valence-corrected chi connectivity index (χ4v) is 14.0. The predicted octanol–water partition coefficient (Wildman–Crippen LogP) is 8.53. The summed E-state index contributed by atoms with van der Waals surface area (Å²) in [5, 5.41) is 71.4. The third-order valence-corrected chi connectivity index (χ3v) is 17.7. The lowest BCUT2D eigenvalue weighted by Gasteiger charge is -2.24. The second-order valence-electron chi connectivity index (χ2n) is 23.2. The van der Waals surface area contributed by atoms with Gasteiger partial charge in [-0.25, -0.2) is 0 Å². The van der Waals surface area contributed by atoms with Crippen molar-refractivity contribution in [1.29, 1.82) is 0 Å². The minimum Gasteiger partial charge on any atom is -0.507 e. The summed E-state index contributed by atoms with van der Waals surface area (Å²) in [5.41, 5.74) is 4.12. The lowest BCUT2D eigenvalue weighted by Crippen LogP contribution is -2.11. The SMILES string of the molecule is COc1c(O)c2c(=O)cc(OC)c3c4c(OC)cc(=O)c5c(O)c(CCCOCCOCCOCCO)c6c(c(c1CC(C)=C6)c23)c54.COc1c(O)c2c(=O)cc(OC)c3c4c(OC)cc(=O)c5c(O)c(CCCOCCOCCOCCO)c6c(c(c1CC(C)=C6)c23)c54.